The van der Waals surface area contributed by atoms with Gasteiger partial charge in [-0.1, -0.05) is 18.2 Å². The predicted molar refractivity (Wildman–Crippen MR) is 95.3 cm³/mol. The zero-order chi connectivity index (χ0) is 17.8. The standard InChI is InChI=1S/C20H19NO4/c1-23-17-11-15(12-18(24-2)20(17)25-3)19(22)14-9-10-21(13-14)16-7-5-4-6-8-16/h4-13H,1-3H3. The molecule has 3 rings (SSSR count). The van der Waals surface area contributed by atoms with E-state index >= 15 is 0 Å². The second-order valence-electron chi connectivity index (χ2n) is 5.39. The molecule has 0 N–H and O–H groups in total. The van der Waals surface area contributed by atoms with Crippen LogP contribution in [0.15, 0.2) is 60.9 Å². The molecule has 128 valence electrons. The van der Waals surface area contributed by atoms with Gasteiger partial charge in [0.25, 0.3) is 0 Å². The van der Waals surface area contributed by atoms with Gasteiger partial charge in [-0.15, -0.1) is 0 Å². The molecule has 0 fully saturated rings. The van der Waals surface area contributed by atoms with Gasteiger partial charge in [0.15, 0.2) is 17.3 Å². The maximum atomic E-state index is 12.9. The molecular weight excluding hydrogens is 318 g/mol. The van der Waals surface area contributed by atoms with Crippen molar-refractivity contribution in [1.82, 2.24) is 4.57 Å². The lowest BCUT2D eigenvalue weighted by molar-refractivity contribution is 0.103. The Morgan fingerprint density at radius 3 is 2.04 bits per heavy atom. The first kappa shape index (κ1) is 16.6. The molecule has 0 saturated carbocycles. The highest BCUT2D eigenvalue weighted by Gasteiger charge is 2.18. The topological polar surface area (TPSA) is 49.7 Å². The third-order valence-corrected chi connectivity index (χ3v) is 3.94. The number of ether oxygens (including phenoxy) is 3. The van der Waals surface area contributed by atoms with Crippen LogP contribution >= 0.6 is 0 Å². The SMILES string of the molecule is COc1cc(C(=O)c2ccn(-c3ccccc3)c2)cc(OC)c1OC. The summed E-state index contributed by atoms with van der Waals surface area (Å²) in [6, 6.07) is 14.9. The average molecular weight is 337 g/mol. The molecule has 3 aromatic rings. The summed E-state index contributed by atoms with van der Waals surface area (Å²) >= 11 is 0. The quantitative estimate of drug-likeness (QED) is 0.643. The summed E-state index contributed by atoms with van der Waals surface area (Å²) in [6.07, 6.45) is 3.67. The number of hydrogen-bond acceptors (Lipinski definition) is 4. The normalized spacial score (nSPS) is 10.4. The lowest BCUT2D eigenvalue weighted by Gasteiger charge is -2.13. The third kappa shape index (κ3) is 3.21. The van der Waals surface area contributed by atoms with Crippen molar-refractivity contribution in [1.29, 1.82) is 0 Å². The molecule has 0 radical (unpaired) electrons. The molecule has 5 heteroatoms. The van der Waals surface area contributed by atoms with Gasteiger partial charge in [0.1, 0.15) is 0 Å². The molecule has 0 saturated heterocycles. The van der Waals surface area contributed by atoms with Gasteiger partial charge < -0.3 is 18.8 Å². The summed E-state index contributed by atoms with van der Waals surface area (Å²) in [5.74, 6) is 1.25. The Morgan fingerprint density at radius 1 is 0.840 bits per heavy atom. The van der Waals surface area contributed by atoms with Gasteiger partial charge in [0.05, 0.1) is 21.3 Å². The Balaban J connectivity index is 1.97. The number of aromatic nitrogens is 1. The molecule has 0 spiro atoms. The molecule has 0 bridgehead atoms. The molecule has 2 aromatic carbocycles. The third-order valence-electron chi connectivity index (χ3n) is 3.94. The highest BCUT2D eigenvalue weighted by Crippen LogP contribution is 2.38. The lowest BCUT2D eigenvalue weighted by Crippen LogP contribution is -2.03. The van der Waals surface area contributed by atoms with Gasteiger partial charge in [-0.3, -0.25) is 4.79 Å². The summed E-state index contributed by atoms with van der Waals surface area (Å²) in [6.45, 7) is 0. The molecule has 5 nitrogen and oxygen atoms in total. The van der Waals surface area contributed by atoms with Crippen LogP contribution in [0.5, 0.6) is 17.2 Å². The van der Waals surface area contributed by atoms with Crippen LogP contribution in [-0.2, 0) is 0 Å². The number of nitrogens with zero attached hydrogens (tertiary/aromatic N) is 1. The Morgan fingerprint density at radius 2 is 1.48 bits per heavy atom. The molecule has 0 unspecified atom stereocenters. The van der Waals surface area contributed by atoms with Gasteiger partial charge in [0, 0.05) is 29.2 Å². The van der Waals surface area contributed by atoms with E-state index in [1.54, 1.807) is 24.4 Å². The molecule has 0 aliphatic rings. The number of methoxy groups -OCH3 is 3. The zero-order valence-electron chi connectivity index (χ0n) is 14.4. The van der Waals surface area contributed by atoms with E-state index in [-0.39, 0.29) is 5.78 Å². The van der Waals surface area contributed by atoms with Crippen LogP contribution in [0.4, 0.5) is 0 Å². The fourth-order valence-corrected chi connectivity index (χ4v) is 2.67. The largest absolute Gasteiger partial charge is 0.493 e. The Bertz CT molecular complexity index is 859. The van der Waals surface area contributed by atoms with Crippen molar-refractivity contribution in [3.8, 4) is 22.9 Å². The van der Waals surface area contributed by atoms with Crippen molar-refractivity contribution in [2.24, 2.45) is 0 Å². The monoisotopic (exact) mass is 337 g/mol. The first-order chi connectivity index (χ1) is 12.2. The Hall–Kier alpha value is -3.21. The summed E-state index contributed by atoms with van der Waals surface area (Å²) < 4.78 is 17.8. The summed E-state index contributed by atoms with van der Waals surface area (Å²) in [5, 5.41) is 0. The lowest BCUT2D eigenvalue weighted by atomic mass is 10.0. The molecular formula is C20H19NO4. The van der Waals surface area contributed by atoms with Crippen LogP contribution in [0.2, 0.25) is 0 Å². The number of hydrogen-bond donors (Lipinski definition) is 0. The van der Waals surface area contributed by atoms with Crippen LogP contribution in [0.25, 0.3) is 5.69 Å². The molecule has 0 atom stereocenters. The smallest absolute Gasteiger partial charge is 0.203 e. The van der Waals surface area contributed by atoms with Crippen molar-refractivity contribution in [2.45, 2.75) is 0 Å². The number of rotatable bonds is 6. The van der Waals surface area contributed by atoms with Crippen molar-refractivity contribution in [3.63, 3.8) is 0 Å². The number of ketones is 1. The van der Waals surface area contributed by atoms with Gasteiger partial charge in [-0.25, -0.2) is 0 Å². The van der Waals surface area contributed by atoms with Crippen molar-refractivity contribution >= 4 is 5.78 Å². The second-order valence-corrected chi connectivity index (χ2v) is 5.39. The van der Waals surface area contributed by atoms with Crippen molar-refractivity contribution < 1.29 is 19.0 Å². The fraction of sp³-hybridized carbons (Fsp3) is 0.150. The van der Waals surface area contributed by atoms with Crippen molar-refractivity contribution in [2.75, 3.05) is 21.3 Å². The second kappa shape index (κ2) is 7.13. The first-order valence-electron chi connectivity index (χ1n) is 7.76. The highest BCUT2D eigenvalue weighted by molar-refractivity contribution is 6.09. The number of benzene rings is 2. The zero-order valence-corrected chi connectivity index (χ0v) is 14.4. The van der Waals surface area contributed by atoms with Crippen molar-refractivity contribution in [3.05, 3.63) is 72.1 Å². The molecule has 1 aromatic heterocycles. The van der Waals surface area contributed by atoms with Crippen LogP contribution < -0.4 is 14.2 Å². The van der Waals surface area contributed by atoms with Crippen LogP contribution in [0.1, 0.15) is 15.9 Å². The summed E-state index contributed by atoms with van der Waals surface area (Å²) in [4.78, 5) is 12.9. The maximum Gasteiger partial charge on any atom is 0.203 e. The van der Waals surface area contributed by atoms with E-state index in [1.165, 1.54) is 21.3 Å². The summed E-state index contributed by atoms with van der Waals surface area (Å²) in [5.41, 5.74) is 2.05. The Kier molecular flexibility index (Phi) is 4.75. The number of carbonyl (C=O) groups excluding carboxylic acids is 1. The molecule has 0 aliphatic carbocycles. The van der Waals surface area contributed by atoms with E-state index in [0.717, 1.165) is 5.69 Å². The minimum Gasteiger partial charge on any atom is -0.493 e. The van der Waals surface area contributed by atoms with E-state index < -0.39 is 0 Å². The average Bonchev–Trinajstić information content (AvgIpc) is 3.17. The molecule has 1 heterocycles. The molecule has 0 amide bonds. The highest BCUT2D eigenvalue weighted by atomic mass is 16.5. The maximum absolute atomic E-state index is 12.9. The van der Waals surface area contributed by atoms with E-state index in [4.69, 9.17) is 14.2 Å². The minimum atomic E-state index is -0.117. The number of para-hydroxylation sites is 1. The minimum absolute atomic E-state index is 0.117. The van der Waals surface area contributed by atoms with E-state index in [2.05, 4.69) is 0 Å². The van der Waals surface area contributed by atoms with E-state index in [0.29, 0.717) is 28.4 Å². The Labute approximate surface area is 146 Å². The van der Waals surface area contributed by atoms with Gasteiger partial charge >= 0.3 is 0 Å². The number of carbonyl (C=O) groups is 1. The van der Waals surface area contributed by atoms with Crippen LogP contribution in [0, 0.1) is 0 Å². The van der Waals surface area contributed by atoms with E-state index in [1.807, 2.05) is 41.1 Å². The summed E-state index contributed by atoms with van der Waals surface area (Å²) in [7, 11) is 4.58. The van der Waals surface area contributed by atoms with E-state index in [9.17, 15) is 4.79 Å². The molecule has 0 aliphatic heterocycles. The van der Waals surface area contributed by atoms with Gasteiger partial charge in [-0.05, 0) is 30.3 Å². The predicted octanol–water partition coefficient (Wildman–Crippen LogP) is 3.73. The van der Waals surface area contributed by atoms with Crippen LogP contribution in [0.3, 0.4) is 0 Å². The van der Waals surface area contributed by atoms with Crippen LogP contribution in [-0.4, -0.2) is 31.7 Å². The van der Waals surface area contributed by atoms with Gasteiger partial charge in [0.2, 0.25) is 5.75 Å². The fourth-order valence-electron chi connectivity index (χ4n) is 2.67. The first-order valence-corrected chi connectivity index (χ1v) is 7.76. The molecule has 25 heavy (non-hydrogen) atoms. The van der Waals surface area contributed by atoms with Gasteiger partial charge in [-0.2, -0.15) is 0 Å².